The summed E-state index contributed by atoms with van der Waals surface area (Å²) >= 11 is 0. The number of rotatable bonds is 7. The number of nitrogens with one attached hydrogen (secondary N) is 1. The summed E-state index contributed by atoms with van der Waals surface area (Å²) in [5, 5.41) is 15.2. The second-order valence-corrected chi connectivity index (χ2v) is 6.30. The SMILES string of the molecule is COC(=O)N(C)c1ccc(NC(=O)CCCn2nnc(-c3ccccc3)n2)cc1. The molecule has 29 heavy (non-hydrogen) atoms. The fourth-order valence-corrected chi connectivity index (χ4v) is 2.66. The maximum Gasteiger partial charge on any atom is 0.413 e. The monoisotopic (exact) mass is 394 g/mol. The number of aryl methyl sites for hydroxylation is 1. The summed E-state index contributed by atoms with van der Waals surface area (Å²) in [6, 6.07) is 16.5. The highest BCUT2D eigenvalue weighted by atomic mass is 16.5. The number of carbonyl (C=O) groups is 2. The minimum atomic E-state index is -0.459. The lowest BCUT2D eigenvalue weighted by Gasteiger charge is -2.15. The van der Waals surface area contributed by atoms with E-state index in [0.29, 0.717) is 36.6 Å². The summed E-state index contributed by atoms with van der Waals surface area (Å²) in [5.74, 6) is 0.453. The van der Waals surface area contributed by atoms with Crippen molar-refractivity contribution in [2.24, 2.45) is 0 Å². The zero-order valence-electron chi connectivity index (χ0n) is 16.3. The molecule has 2 amide bonds. The van der Waals surface area contributed by atoms with Gasteiger partial charge in [-0.2, -0.15) is 4.80 Å². The number of aromatic nitrogens is 4. The van der Waals surface area contributed by atoms with Crippen molar-refractivity contribution in [1.82, 2.24) is 20.2 Å². The molecule has 150 valence electrons. The van der Waals surface area contributed by atoms with Gasteiger partial charge in [-0.05, 0) is 35.9 Å². The molecule has 1 aromatic heterocycles. The summed E-state index contributed by atoms with van der Waals surface area (Å²) in [5.41, 5.74) is 2.22. The molecule has 0 aliphatic carbocycles. The number of ether oxygens (including phenoxy) is 1. The number of amides is 2. The first-order chi connectivity index (χ1) is 14.1. The third kappa shape index (κ3) is 5.38. The van der Waals surface area contributed by atoms with E-state index < -0.39 is 6.09 Å². The smallest absolute Gasteiger partial charge is 0.413 e. The van der Waals surface area contributed by atoms with Crippen LogP contribution in [0.1, 0.15) is 12.8 Å². The highest BCUT2D eigenvalue weighted by molar-refractivity contribution is 5.91. The lowest BCUT2D eigenvalue weighted by molar-refractivity contribution is -0.116. The van der Waals surface area contributed by atoms with E-state index >= 15 is 0 Å². The number of hydrogen-bond acceptors (Lipinski definition) is 6. The van der Waals surface area contributed by atoms with Crippen LogP contribution in [0.5, 0.6) is 0 Å². The highest BCUT2D eigenvalue weighted by Gasteiger charge is 2.11. The molecule has 9 nitrogen and oxygen atoms in total. The minimum Gasteiger partial charge on any atom is -0.452 e. The van der Waals surface area contributed by atoms with E-state index in [2.05, 4.69) is 25.5 Å². The molecule has 0 bridgehead atoms. The predicted molar refractivity (Wildman–Crippen MR) is 108 cm³/mol. The van der Waals surface area contributed by atoms with Gasteiger partial charge in [0.05, 0.1) is 13.7 Å². The van der Waals surface area contributed by atoms with Crippen molar-refractivity contribution in [3.05, 3.63) is 54.6 Å². The van der Waals surface area contributed by atoms with Gasteiger partial charge in [-0.25, -0.2) is 4.79 Å². The molecule has 3 rings (SSSR count). The second-order valence-electron chi connectivity index (χ2n) is 6.30. The van der Waals surface area contributed by atoms with Crippen molar-refractivity contribution >= 4 is 23.4 Å². The Morgan fingerprint density at radius 2 is 1.83 bits per heavy atom. The molecule has 0 saturated carbocycles. The number of nitrogens with zero attached hydrogens (tertiary/aromatic N) is 5. The Kier molecular flexibility index (Phi) is 6.51. The molecule has 1 N–H and O–H groups in total. The zero-order chi connectivity index (χ0) is 20.6. The van der Waals surface area contributed by atoms with E-state index in [-0.39, 0.29) is 5.91 Å². The van der Waals surface area contributed by atoms with Crippen LogP contribution < -0.4 is 10.2 Å². The third-order valence-electron chi connectivity index (χ3n) is 4.23. The van der Waals surface area contributed by atoms with Crippen LogP contribution in [0.15, 0.2) is 54.6 Å². The van der Waals surface area contributed by atoms with Gasteiger partial charge >= 0.3 is 6.09 Å². The summed E-state index contributed by atoms with van der Waals surface area (Å²) in [6.07, 6.45) is 0.449. The van der Waals surface area contributed by atoms with E-state index in [9.17, 15) is 9.59 Å². The van der Waals surface area contributed by atoms with Gasteiger partial charge in [-0.3, -0.25) is 9.69 Å². The average Bonchev–Trinajstić information content (AvgIpc) is 3.23. The molecule has 0 aliphatic heterocycles. The molecule has 0 spiro atoms. The Bertz CT molecular complexity index is 956. The first-order valence-electron chi connectivity index (χ1n) is 9.11. The van der Waals surface area contributed by atoms with Crippen LogP contribution in [0.4, 0.5) is 16.2 Å². The Labute approximate surface area is 168 Å². The molecule has 0 radical (unpaired) electrons. The van der Waals surface area contributed by atoms with E-state index in [4.69, 9.17) is 0 Å². The molecule has 0 aliphatic rings. The maximum atomic E-state index is 12.1. The van der Waals surface area contributed by atoms with Crippen molar-refractivity contribution < 1.29 is 14.3 Å². The Morgan fingerprint density at radius 1 is 1.10 bits per heavy atom. The highest BCUT2D eigenvalue weighted by Crippen LogP contribution is 2.18. The van der Waals surface area contributed by atoms with Crippen LogP contribution >= 0.6 is 0 Å². The zero-order valence-corrected chi connectivity index (χ0v) is 16.3. The maximum absolute atomic E-state index is 12.1. The van der Waals surface area contributed by atoms with Gasteiger partial charge in [0, 0.05) is 30.4 Å². The normalized spacial score (nSPS) is 10.4. The summed E-state index contributed by atoms with van der Waals surface area (Å²) in [7, 11) is 2.94. The minimum absolute atomic E-state index is 0.109. The van der Waals surface area contributed by atoms with Crippen molar-refractivity contribution in [3.8, 4) is 11.4 Å². The lowest BCUT2D eigenvalue weighted by atomic mass is 10.2. The Balaban J connectivity index is 1.46. The number of methoxy groups -OCH3 is 1. The van der Waals surface area contributed by atoms with Gasteiger partial charge in [-0.1, -0.05) is 30.3 Å². The number of carbonyl (C=O) groups excluding carboxylic acids is 2. The van der Waals surface area contributed by atoms with Crippen LogP contribution in [0.2, 0.25) is 0 Å². The molecule has 0 unspecified atom stereocenters. The van der Waals surface area contributed by atoms with Gasteiger partial charge in [0.15, 0.2) is 0 Å². The van der Waals surface area contributed by atoms with Crippen LogP contribution in [-0.4, -0.2) is 46.4 Å². The Morgan fingerprint density at radius 3 is 2.52 bits per heavy atom. The number of benzene rings is 2. The summed E-state index contributed by atoms with van der Waals surface area (Å²) in [4.78, 5) is 26.5. The van der Waals surface area contributed by atoms with Crippen LogP contribution in [0, 0.1) is 0 Å². The van der Waals surface area contributed by atoms with Crippen molar-refractivity contribution in [3.63, 3.8) is 0 Å². The molecule has 0 fully saturated rings. The largest absolute Gasteiger partial charge is 0.452 e. The third-order valence-corrected chi connectivity index (χ3v) is 4.23. The van der Waals surface area contributed by atoms with Gasteiger partial charge in [-0.15, -0.1) is 10.2 Å². The van der Waals surface area contributed by atoms with Crippen molar-refractivity contribution in [1.29, 1.82) is 0 Å². The fraction of sp³-hybridized carbons (Fsp3) is 0.250. The average molecular weight is 394 g/mol. The molecule has 2 aromatic carbocycles. The molecule has 0 saturated heterocycles. The first-order valence-corrected chi connectivity index (χ1v) is 9.11. The molecule has 1 heterocycles. The molecule has 3 aromatic rings. The van der Waals surface area contributed by atoms with E-state index in [0.717, 1.165) is 5.56 Å². The molecular formula is C20H22N6O3. The topological polar surface area (TPSA) is 102 Å². The standard InChI is InChI=1S/C20H22N6O3/c1-25(20(28)29-2)17-12-10-16(11-13-17)21-18(27)9-6-14-26-23-19(22-24-26)15-7-4-3-5-8-15/h3-5,7-8,10-13H,6,9,14H2,1-2H3,(H,21,27). The van der Waals surface area contributed by atoms with Crippen LogP contribution in [0.3, 0.4) is 0 Å². The summed E-state index contributed by atoms with van der Waals surface area (Å²) < 4.78 is 4.67. The predicted octanol–water partition coefficient (Wildman–Crippen LogP) is 2.96. The van der Waals surface area contributed by atoms with Gasteiger partial charge in [0.2, 0.25) is 11.7 Å². The van der Waals surface area contributed by atoms with E-state index in [1.165, 1.54) is 16.8 Å². The number of tetrazole rings is 1. The van der Waals surface area contributed by atoms with Crippen molar-refractivity contribution in [2.75, 3.05) is 24.4 Å². The van der Waals surface area contributed by atoms with Gasteiger partial charge in [0.25, 0.3) is 0 Å². The van der Waals surface area contributed by atoms with E-state index in [1.807, 2.05) is 30.3 Å². The quantitative estimate of drug-likeness (QED) is 0.661. The Hall–Kier alpha value is -3.75. The van der Waals surface area contributed by atoms with Crippen molar-refractivity contribution in [2.45, 2.75) is 19.4 Å². The molecule has 9 heteroatoms. The van der Waals surface area contributed by atoms with Gasteiger partial charge < -0.3 is 10.1 Å². The number of anilines is 2. The second kappa shape index (κ2) is 9.45. The molecular weight excluding hydrogens is 372 g/mol. The first kappa shape index (κ1) is 20.0. The lowest BCUT2D eigenvalue weighted by Crippen LogP contribution is -2.25. The molecule has 0 atom stereocenters. The number of hydrogen-bond donors (Lipinski definition) is 1. The van der Waals surface area contributed by atoms with Crippen LogP contribution in [-0.2, 0) is 16.1 Å². The van der Waals surface area contributed by atoms with E-state index in [1.54, 1.807) is 31.3 Å². The van der Waals surface area contributed by atoms with Crippen LogP contribution in [0.25, 0.3) is 11.4 Å². The summed E-state index contributed by atoms with van der Waals surface area (Å²) in [6.45, 7) is 0.496. The fourth-order valence-electron chi connectivity index (χ4n) is 2.66. The van der Waals surface area contributed by atoms with Gasteiger partial charge in [0.1, 0.15) is 0 Å².